The number of piperidine rings is 3. The van der Waals surface area contributed by atoms with Crippen molar-refractivity contribution < 1.29 is 13.6 Å². The number of nitrogens with zero attached hydrogens (tertiary/aromatic N) is 2. The highest BCUT2D eigenvalue weighted by Gasteiger charge is 2.54. The molecule has 2 bridgehead atoms. The molecule has 6 rings (SSSR count). The fourth-order valence-electron chi connectivity index (χ4n) is 5.46. The van der Waals surface area contributed by atoms with Gasteiger partial charge in [-0.2, -0.15) is 0 Å². The highest BCUT2D eigenvalue weighted by Crippen LogP contribution is 2.47. The van der Waals surface area contributed by atoms with Crippen molar-refractivity contribution in [1.82, 2.24) is 14.8 Å². The summed E-state index contributed by atoms with van der Waals surface area (Å²) in [4.78, 5) is 31.7. The Bertz CT molecular complexity index is 963. The molecule has 4 aliphatic heterocycles. The van der Waals surface area contributed by atoms with E-state index in [9.17, 15) is 18.4 Å². The molecule has 1 aromatic carbocycles. The lowest BCUT2D eigenvalue weighted by Gasteiger charge is -2.51. The molecular weight excluding hydrogens is 364 g/mol. The van der Waals surface area contributed by atoms with E-state index in [1.54, 1.807) is 12.1 Å². The van der Waals surface area contributed by atoms with Crippen LogP contribution in [-0.4, -0.2) is 52.4 Å². The number of fused-ring (bicyclic) bond motifs is 2. The fourth-order valence-corrected chi connectivity index (χ4v) is 5.46. The van der Waals surface area contributed by atoms with Gasteiger partial charge in [-0.05, 0) is 55.6 Å². The lowest BCUT2D eigenvalue weighted by atomic mass is 9.75. The molecule has 0 radical (unpaired) electrons. The molecule has 4 saturated heterocycles. The summed E-state index contributed by atoms with van der Waals surface area (Å²) in [5.74, 6) is -1.20. The van der Waals surface area contributed by atoms with Gasteiger partial charge in [0.25, 0.3) is 5.91 Å². The van der Waals surface area contributed by atoms with E-state index in [-0.39, 0.29) is 35.2 Å². The van der Waals surface area contributed by atoms with Gasteiger partial charge < -0.3 is 9.88 Å². The summed E-state index contributed by atoms with van der Waals surface area (Å²) in [6.45, 7) is 2.29. The molecule has 146 valence electrons. The van der Waals surface area contributed by atoms with Gasteiger partial charge in [-0.15, -0.1) is 0 Å². The van der Waals surface area contributed by atoms with Crippen LogP contribution in [0.1, 0.15) is 34.8 Å². The molecule has 0 spiro atoms. The first-order valence-electron chi connectivity index (χ1n) is 9.71. The molecule has 1 amide bonds. The number of hydrogen-bond acceptors (Lipinski definition) is 3. The number of nitrogens with one attached hydrogen (secondary N) is 1. The zero-order valence-corrected chi connectivity index (χ0v) is 15.3. The standard InChI is InChI=1S/C21H21F2N3O2/c22-14-8-13(9-15(23)10-14)16-11-26(21(28)17-2-1-3-18(27)24-17)19-12-4-6-25(7-5-12)20(16)19/h1-3,8-10,12,16,19-20H,4-7,11H2,(H,24,27)/t16-,19+,20+/m1/s1. The van der Waals surface area contributed by atoms with Crippen molar-refractivity contribution in [3.05, 3.63) is 69.6 Å². The molecule has 0 saturated carbocycles. The first kappa shape index (κ1) is 17.6. The van der Waals surface area contributed by atoms with Crippen LogP contribution in [0.5, 0.6) is 0 Å². The Balaban J connectivity index is 1.55. The van der Waals surface area contributed by atoms with E-state index in [4.69, 9.17) is 0 Å². The van der Waals surface area contributed by atoms with Gasteiger partial charge in [0.15, 0.2) is 0 Å². The van der Waals surface area contributed by atoms with E-state index in [2.05, 4.69) is 9.88 Å². The highest BCUT2D eigenvalue weighted by atomic mass is 19.1. The molecule has 2 aromatic rings. The van der Waals surface area contributed by atoms with Crippen molar-refractivity contribution in [1.29, 1.82) is 0 Å². The molecule has 7 heteroatoms. The van der Waals surface area contributed by atoms with E-state index in [1.165, 1.54) is 18.2 Å². The molecular formula is C21H21F2N3O2. The van der Waals surface area contributed by atoms with Gasteiger partial charge in [-0.3, -0.25) is 14.5 Å². The number of pyridine rings is 1. The lowest BCUT2D eigenvalue weighted by Crippen LogP contribution is -2.60. The van der Waals surface area contributed by atoms with E-state index in [1.807, 2.05) is 4.90 Å². The lowest BCUT2D eigenvalue weighted by molar-refractivity contribution is -0.00361. The molecule has 5 nitrogen and oxygen atoms in total. The number of aromatic nitrogens is 1. The average Bonchev–Trinajstić information content (AvgIpc) is 3.10. The van der Waals surface area contributed by atoms with Crippen LogP contribution in [0.2, 0.25) is 0 Å². The Hall–Kier alpha value is -2.54. The monoisotopic (exact) mass is 385 g/mol. The van der Waals surface area contributed by atoms with Crippen LogP contribution in [0, 0.1) is 17.6 Å². The number of carbonyl (C=O) groups excluding carboxylic acids is 1. The van der Waals surface area contributed by atoms with Crippen LogP contribution in [-0.2, 0) is 0 Å². The highest BCUT2D eigenvalue weighted by molar-refractivity contribution is 5.93. The maximum atomic E-state index is 13.9. The smallest absolute Gasteiger partial charge is 0.270 e. The van der Waals surface area contributed by atoms with Gasteiger partial charge in [0.2, 0.25) is 5.56 Å². The molecule has 4 fully saturated rings. The van der Waals surface area contributed by atoms with Crippen LogP contribution < -0.4 is 5.56 Å². The predicted octanol–water partition coefficient (Wildman–Crippen LogP) is 2.36. The van der Waals surface area contributed by atoms with Crippen LogP contribution in [0.3, 0.4) is 0 Å². The van der Waals surface area contributed by atoms with Crippen LogP contribution in [0.25, 0.3) is 0 Å². The molecule has 0 unspecified atom stereocenters. The molecule has 4 aliphatic rings. The number of rotatable bonds is 2. The number of benzene rings is 1. The molecule has 3 atom stereocenters. The Morgan fingerprint density at radius 2 is 1.75 bits per heavy atom. The van der Waals surface area contributed by atoms with Crippen molar-refractivity contribution in [3.63, 3.8) is 0 Å². The number of carbonyl (C=O) groups is 1. The molecule has 1 aromatic heterocycles. The zero-order valence-electron chi connectivity index (χ0n) is 15.3. The predicted molar refractivity (Wildman–Crippen MR) is 99.1 cm³/mol. The van der Waals surface area contributed by atoms with Gasteiger partial charge in [0, 0.05) is 30.6 Å². The van der Waals surface area contributed by atoms with Crippen LogP contribution in [0.4, 0.5) is 8.78 Å². The first-order valence-corrected chi connectivity index (χ1v) is 9.71. The van der Waals surface area contributed by atoms with E-state index < -0.39 is 11.6 Å². The summed E-state index contributed by atoms with van der Waals surface area (Å²) in [6, 6.07) is 8.23. The summed E-state index contributed by atoms with van der Waals surface area (Å²) in [5.41, 5.74) is 0.532. The third-order valence-electron chi connectivity index (χ3n) is 6.57. The minimum atomic E-state index is -0.598. The minimum absolute atomic E-state index is 0.00460. The van der Waals surface area contributed by atoms with Crippen LogP contribution >= 0.6 is 0 Å². The molecule has 1 N–H and O–H groups in total. The quantitative estimate of drug-likeness (QED) is 0.864. The SMILES string of the molecule is O=C(c1cccc(=O)[nH]1)N1C[C@H](c2cc(F)cc(F)c2)[C@H]2[C@@H]1C1CCN2CC1. The van der Waals surface area contributed by atoms with Crippen LogP contribution in [0.15, 0.2) is 41.2 Å². The Morgan fingerprint density at radius 3 is 2.43 bits per heavy atom. The van der Waals surface area contributed by atoms with Gasteiger partial charge in [0.1, 0.15) is 17.3 Å². The van der Waals surface area contributed by atoms with Crippen molar-refractivity contribution in [2.24, 2.45) is 5.92 Å². The van der Waals surface area contributed by atoms with Gasteiger partial charge in [0.05, 0.1) is 6.04 Å². The first-order chi connectivity index (χ1) is 13.5. The van der Waals surface area contributed by atoms with Crippen molar-refractivity contribution >= 4 is 5.91 Å². The second kappa shape index (κ2) is 6.51. The summed E-state index contributed by atoms with van der Waals surface area (Å²) in [6.07, 6.45) is 2.03. The second-order valence-electron chi connectivity index (χ2n) is 8.05. The average molecular weight is 385 g/mol. The topological polar surface area (TPSA) is 56.4 Å². The third kappa shape index (κ3) is 2.76. The maximum absolute atomic E-state index is 13.9. The summed E-state index contributed by atoms with van der Waals surface area (Å²) in [5, 5.41) is 0. The van der Waals surface area contributed by atoms with Gasteiger partial charge in [-0.1, -0.05) is 6.07 Å². The molecule has 5 heterocycles. The van der Waals surface area contributed by atoms with Gasteiger partial charge in [-0.25, -0.2) is 8.78 Å². The summed E-state index contributed by atoms with van der Waals surface area (Å²) in [7, 11) is 0. The number of aromatic amines is 1. The van der Waals surface area contributed by atoms with E-state index in [0.717, 1.165) is 32.0 Å². The second-order valence-corrected chi connectivity index (χ2v) is 8.05. The number of H-pyrrole nitrogens is 1. The van der Waals surface area contributed by atoms with Crippen molar-refractivity contribution in [3.8, 4) is 0 Å². The summed E-state index contributed by atoms with van der Waals surface area (Å²) >= 11 is 0. The van der Waals surface area contributed by atoms with E-state index >= 15 is 0 Å². The summed E-state index contributed by atoms with van der Waals surface area (Å²) < 4.78 is 27.8. The largest absolute Gasteiger partial charge is 0.332 e. The maximum Gasteiger partial charge on any atom is 0.270 e. The normalized spacial score (nSPS) is 31.1. The molecule has 0 aliphatic carbocycles. The van der Waals surface area contributed by atoms with Crippen molar-refractivity contribution in [2.45, 2.75) is 30.8 Å². The zero-order chi connectivity index (χ0) is 19.4. The van der Waals surface area contributed by atoms with Crippen molar-refractivity contribution in [2.75, 3.05) is 19.6 Å². The number of hydrogen-bond donors (Lipinski definition) is 1. The fraction of sp³-hybridized carbons (Fsp3) is 0.429. The number of amides is 1. The molecule has 28 heavy (non-hydrogen) atoms. The van der Waals surface area contributed by atoms with E-state index in [0.29, 0.717) is 18.0 Å². The Labute approximate surface area is 161 Å². The third-order valence-corrected chi connectivity index (χ3v) is 6.57. The van der Waals surface area contributed by atoms with Gasteiger partial charge >= 0.3 is 0 Å². The number of likely N-dealkylation sites (tertiary alicyclic amines) is 1. The number of halogens is 2. The minimum Gasteiger partial charge on any atom is -0.332 e. The Morgan fingerprint density at radius 1 is 1.04 bits per heavy atom. The Kier molecular flexibility index (Phi) is 4.08.